The van der Waals surface area contributed by atoms with E-state index in [1.807, 2.05) is 23.1 Å². The Labute approximate surface area is 149 Å². The number of aliphatic hydroxyl groups excluding tert-OH is 1. The van der Waals surface area contributed by atoms with Crippen LogP contribution < -0.4 is 9.47 Å². The molecule has 1 aliphatic carbocycles. The Hall–Kier alpha value is -1.75. The molecule has 1 aromatic rings. The molecule has 5 nitrogen and oxygen atoms in total. The SMILES string of the molecule is COc1ccc(CC(=O)N2CCCC(CO)(CC3CC3)C2)c(OC)c1. The fourth-order valence-electron chi connectivity index (χ4n) is 3.99. The van der Waals surface area contributed by atoms with Gasteiger partial charge >= 0.3 is 0 Å². The Balaban J connectivity index is 1.68. The molecular formula is C20H29NO4. The highest BCUT2D eigenvalue weighted by Gasteiger charge is 2.40. The molecule has 0 spiro atoms. The van der Waals surface area contributed by atoms with Crippen LogP contribution in [0.25, 0.3) is 0 Å². The maximum absolute atomic E-state index is 12.9. The molecule has 0 bridgehead atoms. The first-order chi connectivity index (χ1) is 12.1. The first-order valence-electron chi connectivity index (χ1n) is 9.19. The van der Waals surface area contributed by atoms with Gasteiger partial charge in [-0.15, -0.1) is 0 Å². The van der Waals surface area contributed by atoms with E-state index in [-0.39, 0.29) is 17.9 Å². The highest BCUT2D eigenvalue weighted by atomic mass is 16.5. The number of likely N-dealkylation sites (tertiary alicyclic amines) is 1. The summed E-state index contributed by atoms with van der Waals surface area (Å²) in [5.41, 5.74) is 0.773. The summed E-state index contributed by atoms with van der Waals surface area (Å²) in [6, 6.07) is 5.55. The van der Waals surface area contributed by atoms with E-state index in [4.69, 9.17) is 9.47 Å². The number of amides is 1. The molecule has 2 aliphatic rings. The first kappa shape index (κ1) is 18.1. The van der Waals surface area contributed by atoms with Crippen LogP contribution in [0.3, 0.4) is 0 Å². The van der Waals surface area contributed by atoms with E-state index in [2.05, 4.69) is 0 Å². The molecule has 25 heavy (non-hydrogen) atoms. The zero-order valence-corrected chi connectivity index (χ0v) is 15.3. The average Bonchev–Trinajstić information content (AvgIpc) is 3.46. The molecule has 1 saturated carbocycles. The van der Waals surface area contributed by atoms with E-state index in [0.29, 0.717) is 18.7 Å². The lowest BCUT2D eigenvalue weighted by Crippen LogP contribution is -2.48. The standard InChI is InChI=1S/C20H29NO4/c1-24-17-7-6-16(18(11-17)25-2)10-19(23)21-9-3-8-20(13-21,14-22)12-15-4-5-15/h6-7,11,15,22H,3-5,8-10,12-14H2,1-2H3. The third-order valence-corrected chi connectivity index (χ3v) is 5.60. The number of aliphatic hydroxyl groups is 1. The minimum Gasteiger partial charge on any atom is -0.497 e. The summed E-state index contributed by atoms with van der Waals surface area (Å²) in [5, 5.41) is 9.98. The van der Waals surface area contributed by atoms with Crippen molar-refractivity contribution in [2.75, 3.05) is 33.9 Å². The Kier molecular flexibility index (Phi) is 5.52. The number of carbonyl (C=O) groups is 1. The number of methoxy groups -OCH3 is 2. The van der Waals surface area contributed by atoms with Gasteiger partial charge in [0.2, 0.25) is 5.91 Å². The number of piperidine rings is 1. The number of benzene rings is 1. The van der Waals surface area contributed by atoms with Crippen LogP contribution in [0.2, 0.25) is 0 Å². The van der Waals surface area contributed by atoms with Gasteiger partial charge in [0.1, 0.15) is 11.5 Å². The Morgan fingerprint density at radius 2 is 2.12 bits per heavy atom. The van der Waals surface area contributed by atoms with E-state index in [1.54, 1.807) is 14.2 Å². The second-order valence-electron chi connectivity index (χ2n) is 7.58. The molecule has 0 aromatic heterocycles. The maximum Gasteiger partial charge on any atom is 0.227 e. The second kappa shape index (κ2) is 7.65. The molecule has 1 amide bonds. The quantitative estimate of drug-likeness (QED) is 0.824. The first-order valence-corrected chi connectivity index (χ1v) is 9.19. The monoisotopic (exact) mass is 347 g/mol. The van der Waals surface area contributed by atoms with Crippen LogP contribution in [0.1, 0.15) is 37.7 Å². The van der Waals surface area contributed by atoms with Gasteiger partial charge in [-0.1, -0.05) is 18.9 Å². The van der Waals surface area contributed by atoms with Gasteiger partial charge in [-0.2, -0.15) is 0 Å². The molecular weight excluding hydrogens is 318 g/mol. The van der Waals surface area contributed by atoms with Crippen LogP contribution in [0.5, 0.6) is 11.5 Å². The van der Waals surface area contributed by atoms with E-state index in [1.165, 1.54) is 12.8 Å². The lowest BCUT2D eigenvalue weighted by molar-refractivity contribution is -0.135. The summed E-state index contributed by atoms with van der Waals surface area (Å²) >= 11 is 0. The van der Waals surface area contributed by atoms with Gasteiger partial charge in [-0.3, -0.25) is 4.79 Å². The Morgan fingerprint density at radius 3 is 2.76 bits per heavy atom. The third kappa shape index (κ3) is 4.27. The number of ether oxygens (including phenoxy) is 2. The van der Waals surface area contributed by atoms with Crippen molar-refractivity contribution >= 4 is 5.91 Å². The van der Waals surface area contributed by atoms with Gasteiger partial charge in [0.25, 0.3) is 0 Å². The summed E-state index contributed by atoms with van der Waals surface area (Å²) in [4.78, 5) is 14.8. The lowest BCUT2D eigenvalue weighted by atomic mass is 9.76. The minimum absolute atomic E-state index is 0.0981. The molecule has 1 saturated heterocycles. The van der Waals surface area contributed by atoms with Gasteiger partial charge < -0.3 is 19.5 Å². The van der Waals surface area contributed by atoms with Crippen molar-refractivity contribution in [3.8, 4) is 11.5 Å². The fourth-order valence-corrected chi connectivity index (χ4v) is 3.99. The van der Waals surface area contributed by atoms with Gasteiger partial charge in [-0.25, -0.2) is 0 Å². The minimum atomic E-state index is -0.0981. The van der Waals surface area contributed by atoms with E-state index >= 15 is 0 Å². The highest BCUT2D eigenvalue weighted by Crippen LogP contribution is 2.44. The van der Waals surface area contributed by atoms with Crippen molar-refractivity contribution in [3.05, 3.63) is 23.8 Å². The lowest BCUT2D eigenvalue weighted by Gasteiger charge is -2.42. The van der Waals surface area contributed by atoms with Crippen molar-refractivity contribution in [1.29, 1.82) is 0 Å². The van der Waals surface area contributed by atoms with Crippen LogP contribution in [0, 0.1) is 11.3 Å². The van der Waals surface area contributed by atoms with Gasteiger partial charge in [0.05, 0.1) is 27.2 Å². The Morgan fingerprint density at radius 1 is 1.32 bits per heavy atom. The molecule has 138 valence electrons. The third-order valence-electron chi connectivity index (χ3n) is 5.60. The molecule has 2 fully saturated rings. The van der Waals surface area contributed by atoms with Crippen LogP contribution >= 0.6 is 0 Å². The van der Waals surface area contributed by atoms with Crippen LogP contribution in [0.4, 0.5) is 0 Å². The predicted octanol–water partition coefficient (Wildman–Crippen LogP) is 2.65. The normalized spacial score (nSPS) is 23.4. The molecule has 1 N–H and O–H groups in total. The number of rotatable bonds is 7. The van der Waals surface area contributed by atoms with Crippen LogP contribution in [-0.4, -0.2) is 49.8 Å². The molecule has 5 heteroatoms. The zero-order chi connectivity index (χ0) is 17.9. The summed E-state index contributed by atoms with van der Waals surface area (Å²) in [6.45, 7) is 1.64. The second-order valence-corrected chi connectivity index (χ2v) is 7.58. The summed E-state index contributed by atoms with van der Waals surface area (Å²) in [5.74, 6) is 2.26. The molecule has 0 radical (unpaired) electrons. The van der Waals surface area contributed by atoms with Crippen molar-refractivity contribution in [3.63, 3.8) is 0 Å². The zero-order valence-electron chi connectivity index (χ0n) is 15.3. The maximum atomic E-state index is 12.9. The summed E-state index contributed by atoms with van der Waals surface area (Å²) in [6.07, 6.45) is 5.92. The topological polar surface area (TPSA) is 59.0 Å². The van der Waals surface area contributed by atoms with E-state index in [0.717, 1.165) is 43.0 Å². The van der Waals surface area contributed by atoms with Crippen molar-refractivity contribution in [2.24, 2.45) is 11.3 Å². The summed E-state index contributed by atoms with van der Waals surface area (Å²) < 4.78 is 10.6. The molecule has 1 aromatic carbocycles. The number of hydrogen-bond donors (Lipinski definition) is 1. The molecule has 1 heterocycles. The van der Waals surface area contributed by atoms with Crippen molar-refractivity contribution in [1.82, 2.24) is 4.90 Å². The smallest absolute Gasteiger partial charge is 0.227 e. The van der Waals surface area contributed by atoms with E-state index < -0.39 is 0 Å². The fraction of sp³-hybridized carbons (Fsp3) is 0.650. The van der Waals surface area contributed by atoms with Crippen LogP contribution in [0.15, 0.2) is 18.2 Å². The summed E-state index contributed by atoms with van der Waals surface area (Å²) in [7, 11) is 3.22. The molecule has 1 unspecified atom stereocenters. The van der Waals surface area contributed by atoms with Crippen molar-refractivity contribution < 1.29 is 19.4 Å². The van der Waals surface area contributed by atoms with Crippen molar-refractivity contribution in [2.45, 2.75) is 38.5 Å². The molecule has 1 atom stereocenters. The van der Waals surface area contributed by atoms with Gasteiger partial charge in [0.15, 0.2) is 0 Å². The Bertz CT molecular complexity index is 614. The number of nitrogens with zero attached hydrogens (tertiary/aromatic N) is 1. The average molecular weight is 347 g/mol. The molecule has 3 rings (SSSR count). The van der Waals surface area contributed by atoms with Crippen LogP contribution in [-0.2, 0) is 11.2 Å². The molecule has 1 aliphatic heterocycles. The number of carbonyl (C=O) groups excluding carboxylic acids is 1. The number of hydrogen-bond acceptors (Lipinski definition) is 4. The predicted molar refractivity (Wildman–Crippen MR) is 95.9 cm³/mol. The van der Waals surface area contributed by atoms with Gasteiger partial charge in [-0.05, 0) is 31.2 Å². The van der Waals surface area contributed by atoms with Gasteiger partial charge in [0, 0.05) is 30.1 Å². The highest BCUT2D eigenvalue weighted by molar-refractivity contribution is 5.79. The largest absolute Gasteiger partial charge is 0.497 e. The van der Waals surface area contributed by atoms with E-state index in [9.17, 15) is 9.90 Å².